The lowest BCUT2D eigenvalue weighted by Crippen LogP contribution is -2.56. The molecular formula is C30H38ClN5O5. The normalized spacial score (nSPS) is 19.2. The maximum absolute atomic E-state index is 13.6. The lowest BCUT2D eigenvalue weighted by atomic mass is 9.92. The number of β-amino-alcohol motifs (C(OH)–C–C–N with tert-alkyl or cyclic N) is 1. The van der Waals surface area contributed by atoms with Gasteiger partial charge in [0.15, 0.2) is 0 Å². The third-order valence-electron chi connectivity index (χ3n) is 7.69. The number of aliphatic hydroxyl groups is 1. The Bertz CT molecular complexity index is 1290. The van der Waals surface area contributed by atoms with Crippen LogP contribution in [0.5, 0.6) is 0 Å². The fraction of sp³-hybridized carbons (Fsp3) is 0.467. The van der Waals surface area contributed by atoms with Crippen molar-refractivity contribution in [2.45, 2.75) is 70.2 Å². The van der Waals surface area contributed by atoms with E-state index in [0.717, 1.165) is 23.1 Å². The summed E-state index contributed by atoms with van der Waals surface area (Å²) in [7, 11) is 0. The van der Waals surface area contributed by atoms with Crippen LogP contribution in [0.3, 0.4) is 0 Å². The highest BCUT2D eigenvalue weighted by Crippen LogP contribution is 2.25. The number of fused-ring (bicyclic) bond motifs is 1. The largest absolute Gasteiger partial charge is 0.391 e. The molecule has 2 aromatic carbocycles. The van der Waals surface area contributed by atoms with Crippen LogP contribution in [0.25, 0.3) is 0 Å². The first-order valence-corrected chi connectivity index (χ1v) is 14.4. The SMILES string of the molecule is Cc1cc(NC(=O)[C@H](CCN)NC(=O)[C@@H]2Cc3ccccc3CN2C(=O)CCC(=O)N2CCCC(O)C2)ccc1Cl. The fourth-order valence-electron chi connectivity index (χ4n) is 5.37. The van der Waals surface area contributed by atoms with Crippen LogP contribution in [0.15, 0.2) is 42.5 Å². The second kappa shape index (κ2) is 13.9. The Balaban J connectivity index is 1.46. The highest BCUT2D eigenvalue weighted by Gasteiger charge is 2.36. The van der Waals surface area contributed by atoms with Gasteiger partial charge in [0.05, 0.1) is 6.10 Å². The molecule has 0 aromatic heterocycles. The minimum absolute atomic E-state index is 0.00322. The Morgan fingerprint density at radius 1 is 1.10 bits per heavy atom. The van der Waals surface area contributed by atoms with Gasteiger partial charge in [-0.15, -0.1) is 0 Å². The molecule has 2 aromatic rings. The number of nitrogens with two attached hydrogens (primary N) is 1. The lowest BCUT2D eigenvalue weighted by molar-refractivity contribution is -0.144. The summed E-state index contributed by atoms with van der Waals surface area (Å²) in [5, 5.41) is 16.1. The van der Waals surface area contributed by atoms with E-state index in [9.17, 15) is 24.3 Å². The van der Waals surface area contributed by atoms with Crippen molar-refractivity contribution in [1.29, 1.82) is 0 Å². The average molecular weight is 584 g/mol. The van der Waals surface area contributed by atoms with Crippen molar-refractivity contribution in [2.24, 2.45) is 5.73 Å². The molecule has 0 spiro atoms. The minimum atomic E-state index is -0.912. The first-order valence-electron chi connectivity index (χ1n) is 14.1. The van der Waals surface area contributed by atoms with Crippen molar-refractivity contribution in [3.05, 3.63) is 64.2 Å². The van der Waals surface area contributed by atoms with E-state index in [4.69, 9.17) is 17.3 Å². The summed E-state index contributed by atoms with van der Waals surface area (Å²) < 4.78 is 0. The van der Waals surface area contributed by atoms with Gasteiger partial charge >= 0.3 is 0 Å². The number of rotatable bonds is 9. The van der Waals surface area contributed by atoms with Crippen molar-refractivity contribution >= 4 is 40.9 Å². The molecule has 10 nitrogen and oxygen atoms in total. The van der Waals surface area contributed by atoms with Crippen molar-refractivity contribution in [3.63, 3.8) is 0 Å². The van der Waals surface area contributed by atoms with Crippen molar-refractivity contribution in [3.8, 4) is 0 Å². The van der Waals surface area contributed by atoms with Crippen LogP contribution in [0, 0.1) is 6.92 Å². The first-order chi connectivity index (χ1) is 19.7. The van der Waals surface area contributed by atoms with E-state index >= 15 is 0 Å². The van der Waals surface area contributed by atoms with Gasteiger partial charge in [-0.05, 0) is 67.6 Å². The van der Waals surface area contributed by atoms with E-state index in [1.54, 1.807) is 23.1 Å². The molecule has 220 valence electrons. The van der Waals surface area contributed by atoms with Crippen molar-refractivity contribution < 1.29 is 24.3 Å². The highest BCUT2D eigenvalue weighted by molar-refractivity contribution is 6.31. The Morgan fingerprint density at radius 3 is 2.54 bits per heavy atom. The number of amides is 4. The summed E-state index contributed by atoms with van der Waals surface area (Å²) in [5.74, 6) is -1.39. The third kappa shape index (κ3) is 7.84. The molecule has 2 aliphatic heterocycles. The molecule has 41 heavy (non-hydrogen) atoms. The van der Waals surface area contributed by atoms with Gasteiger partial charge < -0.3 is 31.3 Å². The minimum Gasteiger partial charge on any atom is -0.391 e. The monoisotopic (exact) mass is 583 g/mol. The Hall–Kier alpha value is -3.47. The molecule has 1 unspecified atom stereocenters. The third-order valence-corrected chi connectivity index (χ3v) is 8.11. The number of likely N-dealkylation sites (tertiary alicyclic amines) is 1. The molecule has 2 aliphatic rings. The predicted molar refractivity (Wildman–Crippen MR) is 156 cm³/mol. The molecule has 3 atom stereocenters. The zero-order valence-electron chi connectivity index (χ0n) is 23.3. The second-order valence-electron chi connectivity index (χ2n) is 10.7. The predicted octanol–water partition coefficient (Wildman–Crippen LogP) is 2.14. The number of benzene rings is 2. The lowest BCUT2D eigenvalue weighted by Gasteiger charge is -2.37. The summed E-state index contributed by atoms with van der Waals surface area (Å²) in [6, 6.07) is 11.0. The summed E-state index contributed by atoms with van der Waals surface area (Å²) in [4.78, 5) is 56.0. The fourth-order valence-corrected chi connectivity index (χ4v) is 5.49. The van der Waals surface area contributed by atoms with Crippen LogP contribution >= 0.6 is 11.6 Å². The molecule has 2 heterocycles. The van der Waals surface area contributed by atoms with Gasteiger partial charge in [0, 0.05) is 49.6 Å². The van der Waals surface area contributed by atoms with Gasteiger partial charge in [-0.25, -0.2) is 0 Å². The number of aryl methyl sites for hydroxylation is 1. The molecule has 0 radical (unpaired) electrons. The van der Waals surface area contributed by atoms with E-state index in [1.807, 2.05) is 31.2 Å². The van der Waals surface area contributed by atoms with Gasteiger partial charge in [-0.1, -0.05) is 35.9 Å². The number of anilines is 1. The van der Waals surface area contributed by atoms with Crippen LogP contribution < -0.4 is 16.4 Å². The number of carbonyl (C=O) groups excluding carboxylic acids is 4. The molecule has 0 saturated carbocycles. The van der Waals surface area contributed by atoms with E-state index in [1.165, 1.54) is 4.90 Å². The molecular weight excluding hydrogens is 546 g/mol. The number of halogens is 1. The van der Waals surface area contributed by atoms with Crippen LogP contribution in [0.2, 0.25) is 5.02 Å². The number of nitrogens with one attached hydrogen (secondary N) is 2. The van der Waals surface area contributed by atoms with Crippen LogP contribution in [-0.2, 0) is 32.1 Å². The molecule has 0 bridgehead atoms. The standard InChI is InChI=1S/C30H38ClN5O5/c1-19-15-22(8-9-24(19)31)33-29(40)25(12-13-32)34-30(41)26-16-20-5-2-3-6-21(20)17-36(26)28(39)11-10-27(38)35-14-4-7-23(37)18-35/h2-3,5-6,8-9,15,23,25-26,37H,4,7,10-14,16-18,32H2,1H3,(H,33,40)(H,34,41)/t23?,25-,26-/m0/s1. The molecule has 4 amide bonds. The van der Waals surface area contributed by atoms with E-state index in [-0.39, 0.29) is 57.1 Å². The van der Waals surface area contributed by atoms with Gasteiger partial charge in [-0.3, -0.25) is 19.2 Å². The average Bonchev–Trinajstić information content (AvgIpc) is 2.96. The Labute approximate surface area is 245 Å². The molecule has 1 fully saturated rings. The molecule has 0 aliphatic carbocycles. The van der Waals surface area contributed by atoms with Crippen LogP contribution in [0.1, 0.15) is 48.8 Å². The topological polar surface area (TPSA) is 145 Å². The highest BCUT2D eigenvalue weighted by atomic mass is 35.5. The first kappa shape index (κ1) is 30.5. The van der Waals surface area contributed by atoms with Crippen LogP contribution in [-0.4, -0.2) is 76.4 Å². The van der Waals surface area contributed by atoms with E-state index in [0.29, 0.717) is 23.7 Å². The van der Waals surface area contributed by atoms with Gasteiger partial charge in [0.25, 0.3) is 0 Å². The Kier molecular flexibility index (Phi) is 10.4. The molecule has 11 heteroatoms. The number of aliphatic hydroxyl groups excluding tert-OH is 1. The smallest absolute Gasteiger partial charge is 0.246 e. The zero-order valence-corrected chi connectivity index (χ0v) is 24.0. The van der Waals surface area contributed by atoms with Gasteiger partial charge in [0.1, 0.15) is 12.1 Å². The quantitative estimate of drug-likeness (QED) is 0.356. The second-order valence-corrected chi connectivity index (χ2v) is 11.1. The number of nitrogens with zero attached hydrogens (tertiary/aromatic N) is 2. The van der Waals surface area contributed by atoms with E-state index < -0.39 is 30.0 Å². The van der Waals surface area contributed by atoms with Gasteiger partial charge in [0.2, 0.25) is 23.6 Å². The maximum atomic E-state index is 13.6. The zero-order chi connectivity index (χ0) is 29.5. The number of carbonyl (C=O) groups is 4. The number of hydrogen-bond acceptors (Lipinski definition) is 6. The van der Waals surface area contributed by atoms with E-state index in [2.05, 4.69) is 10.6 Å². The summed E-state index contributed by atoms with van der Waals surface area (Å²) in [6.07, 6.45) is 1.27. The Morgan fingerprint density at radius 2 is 1.83 bits per heavy atom. The maximum Gasteiger partial charge on any atom is 0.246 e. The van der Waals surface area contributed by atoms with Crippen molar-refractivity contribution in [2.75, 3.05) is 25.0 Å². The molecule has 5 N–H and O–H groups in total. The molecule has 1 saturated heterocycles. The summed E-state index contributed by atoms with van der Waals surface area (Å²) >= 11 is 6.09. The molecule has 4 rings (SSSR count). The van der Waals surface area contributed by atoms with Crippen molar-refractivity contribution in [1.82, 2.24) is 15.1 Å². The van der Waals surface area contributed by atoms with Crippen LogP contribution in [0.4, 0.5) is 5.69 Å². The summed E-state index contributed by atoms with van der Waals surface area (Å²) in [6.45, 7) is 3.05. The summed E-state index contributed by atoms with van der Waals surface area (Å²) in [5.41, 5.74) is 9.00. The number of hydrogen-bond donors (Lipinski definition) is 4. The van der Waals surface area contributed by atoms with Gasteiger partial charge in [-0.2, -0.15) is 0 Å². The number of piperidine rings is 1.